The van der Waals surface area contributed by atoms with Crippen molar-refractivity contribution in [2.24, 2.45) is 0 Å². The van der Waals surface area contributed by atoms with Crippen LogP contribution in [0.1, 0.15) is 11.1 Å². The number of ether oxygens (including phenoxy) is 1. The maximum atomic E-state index is 11.0. The van der Waals surface area contributed by atoms with Gasteiger partial charge in [-0.1, -0.05) is 42.5 Å². The smallest absolute Gasteiger partial charge is 0.247 e. The Hall–Kier alpha value is -2.33. The van der Waals surface area contributed by atoms with Gasteiger partial charge in [0.15, 0.2) is 0 Å². The molecular formula is C15H15NO3. The molecule has 0 unspecified atom stereocenters. The number of hydrogen-bond donors (Lipinski definition) is 2. The molecule has 0 aromatic heterocycles. The zero-order valence-electron chi connectivity index (χ0n) is 10.4. The molecule has 2 rings (SSSR count). The minimum atomic E-state index is -0.432. The molecule has 0 saturated carbocycles. The summed E-state index contributed by atoms with van der Waals surface area (Å²) >= 11 is 0. The van der Waals surface area contributed by atoms with E-state index in [9.17, 15) is 4.79 Å². The Kier molecular flexibility index (Phi) is 4.53. The van der Waals surface area contributed by atoms with Crippen LogP contribution in [0.15, 0.2) is 54.6 Å². The highest BCUT2D eigenvalue weighted by atomic mass is 16.5. The van der Waals surface area contributed by atoms with E-state index in [0.717, 1.165) is 16.9 Å². The highest BCUT2D eigenvalue weighted by Gasteiger charge is 2.02. The number of nitrogens with one attached hydrogen (secondary N) is 1. The predicted octanol–water partition coefficient (Wildman–Crippen LogP) is 2.31. The van der Waals surface area contributed by atoms with E-state index in [0.29, 0.717) is 6.61 Å². The van der Waals surface area contributed by atoms with Crippen LogP contribution in [0.3, 0.4) is 0 Å². The van der Waals surface area contributed by atoms with Crippen LogP contribution < -0.4 is 10.2 Å². The van der Waals surface area contributed by atoms with Crippen LogP contribution in [0.5, 0.6) is 5.75 Å². The average Bonchev–Trinajstić information content (AvgIpc) is 2.47. The lowest BCUT2D eigenvalue weighted by Crippen LogP contribution is -2.20. The van der Waals surface area contributed by atoms with E-state index in [2.05, 4.69) is 0 Å². The highest BCUT2D eigenvalue weighted by molar-refractivity contribution is 5.77. The zero-order valence-corrected chi connectivity index (χ0v) is 10.4. The summed E-state index contributed by atoms with van der Waals surface area (Å²) in [4.78, 5) is 11.0. The van der Waals surface area contributed by atoms with Crippen LogP contribution in [0.25, 0.3) is 0 Å². The third-order valence-corrected chi connectivity index (χ3v) is 2.66. The number of hydrogen-bond acceptors (Lipinski definition) is 3. The SMILES string of the molecule is O=C(Cc1ccc(OCc2ccccc2)cc1)NO. The fourth-order valence-electron chi connectivity index (χ4n) is 1.67. The summed E-state index contributed by atoms with van der Waals surface area (Å²) in [5, 5.41) is 8.44. The summed E-state index contributed by atoms with van der Waals surface area (Å²) in [6, 6.07) is 17.1. The minimum absolute atomic E-state index is 0.148. The molecular weight excluding hydrogens is 242 g/mol. The molecule has 4 nitrogen and oxygen atoms in total. The van der Waals surface area contributed by atoms with E-state index < -0.39 is 5.91 Å². The fourth-order valence-corrected chi connectivity index (χ4v) is 1.67. The second-order valence-corrected chi connectivity index (χ2v) is 4.13. The van der Waals surface area contributed by atoms with Crippen LogP contribution in [0, 0.1) is 0 Å². The molecule has 0 heterocycles. The van der Waals surface area contributed by atoms with Gasteiger partial charge in [-0.2, -0.15) is 0 Å². The first-order valence-corrected chi connectivity index (χ1v) is 5.96. The van der Waals surface area contributed by atoms with Gasteiger partial charge in [0.1, 0.15) is 12.4 Å². The second-order valence-electron chi connectivity index (χ2n) is 4.13. The molecule has 2 aromatic carbocycles. The van der Waals surface area contributed by atoms with Crippen molar-refractivity contribution >= 4 is 5.91 Å². The lowest BCUT2D eigenvalue weighted by molar-refractivity contribution is -0.128. The first kappa shape index (κ1) is 13.1. The molecule has 4 heteroatoms. The van der Waals surface area contributed by atoms with E-state index in [4.69, 9.17) is 9.94 Å². The molecule has 0 aliphatic heterocycles. The lowest BCUT2D eigenvalue weighted by Gasteiger charge is -2.07. The number of benzene rings is 2. The standard InChI is InChI=1S/C15H15NO3/c17-15(16-18)10-12-6-8-14(9-7-12)19-11-13-4-2-1-3-5-13/h1-9,18H,10-11H2,(H,16,17). The lowest BCUT2D eigenvalue weighted by atomic mass is 10.1. The van der Waals surface area contributed by atoms with Crippen LogP contribution >= 0.6 is 0 Å². The minimum Gasteiger partial charge on any atom is -0.489 e. The number of rotatable bonds is 5. The monoisotopic (exact) mass is 257 g/mol. The number of carbonyl (C=O) groups is 1. The van der Waals surface area contributed by atoms with Gasteiger partial charge in [0.2, 0.25) is 5.91 Å². The Morgan fingerprint density at radius 3 is 2.32 bits per heavy atom. The molecule has 0 radical (unpaired) electrons. The Bertz CT molecular complexity index is 523. The molecule has 1 amide bonds. The van der Waals surface area contributed by atoms with E-state index in [-0.39, 0.29) is 6.42 Å². The topological polar surface area (TPSA) is 58.6 Å². The van der Waals surface area contributed by atoms with Crippen molar-refractivity contribution in [3.05, 3.63) is 65.7 Å². The van der Waals surface area contributed by atoms with Crippen molar-refractivity contribution in [1.29, 1.82) is 0 Å². The van der Waals surface area contributed by atoms with Crippen LogP contribution in [0.4, 0.5) is 0 Å². The molecule has 2 aromatic rings. The third-order valence-electron chi connectivity index (χ3n) is 2.66. The molecule has 19 heavy (non-hydrogen) atoms. The van der Waals surface area contributed by atoms with Gasteiger partial charge in [0.05, 0.1) is 6.42 Å². The highest BCUT2D eigenvalue weighted by Crippen LogP contribution is 2.14. The molecule has 0 aliphatic rings. The summed E-state index contributed by atoms with van der Waals surface area (Å²) in [6.45, 7) is 0.511. The molecule has 0 bridgehead atoms. The maximum Gasteiger partial charge on any atom is 0.247 e. The van der Waals surface area contributed by atoms with Crippen molar-refractivity contribution in [2.75, 3.05) is 0 Å². The molecule has 2 N–H and O–H groups in total. The van der Waals surface area contributed by atoms with Gasteiger partial charge >= 0.3 is 0 Å². The first-order valence-electron chi connectivity index (χ1n) is 5.96. The number of amides is 1. The van der Waals surface area contributed by atoms with Gasteiger partial charge in [-0.25, -0.2) is 5.48 Å². The predicted molar refractivity (Wildman–Crippen MR) is 70.8 cm³/mol. The van der Waals surface area contributed by atoms with Crippen molar-refractivity contribution in [3.63, 3.8) is 0 Å². The molecule has 98 valence electrons. The molecule has 0 saturated heterocycles. The zero-order chi connectivity index (χ0) is 13.5. The summed E-state index contributed by atoms with van der Waals surface area (Å²) < 4.78 is 5.63. The van der Waals surface area contributed by atoms with Gasteiger partial charge in [-0.05, 0) is 23.3 Å². The number of carbonyl (C=O) groups excluding carboxylic acids is 1. The Morgan fingerprint density at radius 2 is 1.68 bits per heavy atom. The quantitative estimate of drug-likeness (QED) is 0.638. The van der Waals surface area contributed by atoms with Gasteiger partial charge in [-0.3, -0.25) is 10.0 Å². The van der Waals surface area contributed by atoms with Gasteiger partial charge in [-0.15, -0.1) is 0 Å². The second kappa shape index (κ2) is 6.56. The Balaban J connectivity index is 1.90. The molecule has 0 fully saturated rings. The maximum absolute atomic E-state index is 11.0. The summed E-state index contributed by atoms with van der Waals surface area (Å²) in [7, 11) is 0. The van der Waals surface area contributed by atoms with E-state index >= 15 is 0 Å². The normalized spacial score (nSPS) is 9.95. The first-order chi connectivity index (χ1) is 9.28. The molecule has 0 atom stereocenters. The Labute approximate surface area is 111 Å². The molecule has 0 spiro atoms. The van der Waals surface area contributed by atoms with Crippen LogP contribution in [-0.2, 0) is 17.8 Å². The van der Waals surface area contributed by atoms with E-state index in [1.54, 1.807) is 17.6 Å². The van der Waals surface area contributed by atoms with E-state index in [1.165, 1.54) is 0 Å². The van der Waals surface area contributed by atoms with Crippen molar-refractivity contribution in [1.82, 2.24) is 5.48 Å². The average molecular weight is 257 g/mol. The van der Waals surface area contributed by atoms with Crippen molar-refractivity contribution < 1.29 is 14.7 Å². The largest absolute Gasteiger partial charge is 0.489 e. The van der Waals surface area contributed by atoms with E-state index in [1.807, 2.05) is 42.5 Å². The van der Waals surface area contributed by atoms with Crippen LogP contribution in [0.2, 0.25) is 0 Å². The third kappa shape index (κ3) is 4.12. The fraction of sp³-hybridized carbons (Fsp3) is 0.133. The van der Waals surface area contributed by atoms with Gasteiger partial charge in [0, 0.05) is 0 Å². The molecule has 0 aliphatic carbocycles. The Morgan fingerprint density at radius 1 is 1.00 bits per heavy atom. The summed E-state index contributed by atoms with van der Waals surface area (Å²) in [5.74, 6) is 0.315. The van der Waals surface area contributed by atoms with Crippen LogP contribution in [-0.4, -0.2) is 11.1 Å². The van der Waals surface area contributed by atoms with Crippen molar-refractivity contribution in [3.8, 4) is 5.75 Å². The van der Waals surface area contributed by atoms with Gasteiger partial charge < -0.3 is 4.74 Å². The van der Waals surface area contributed by atoms with Crippen molar-refractivity contribution in [2.45, 2.75) is 13.0 Å². The van der Waals surface area contributed by atoms with Gasteiger partial charge in [0.25, 0.3) is 0 Å². The number of hydroxylamine groups is 1. The summed E-state index contributed by atoms with van der Waals surface area (Å²) in [5.41, 5.74) is 3.53. The summed E-state index contributed by atoms with van der Waals surface area (Å²) in [6.07, 6.45) is 0.148.